The van der Waals surface area contributed by atoms with Gasteiger partial charge in [0.25, 0.3) is 5.91 Å². The molecule has 1 saturated heterocycles. The first-order valence-corrected chi connectivity index (χ1v) is 7.28. The molecular weight excluding hydrogens is 257 g/mol. The highest BCUT2D eigenvalue weighted by atomic mass is 19.1. The molecule has 0 bridgehead atoms. The Bertz CT molecular complexity index is 466. The van der Waals surface area contributed by atoms with Crippen molar-refractivity contribution in [1.29, 1.82) is 0 Å². The van der Waals surface area contributed by atoms with Crippen LogP contribution in [0.5, 0.6) is 0 Å². The van der Waals surface area contributed by atoms with E-state index in [4.69, 9.17) is 0 Å². The summed E-state index contributed by atoms with van der Waals surface area (Å²) in [5.74, 6) is -0.134. The van der Waals surface area contributed by atoms with Crippen LogP contribution in [-0.2, 0) is 0 Å². The second-order valence-corrected chi connectivity index (χ2v) is 5.26. The molecule has 20 heavy (non-hydrogen) atoms. The Morgan fingerprint density at radius 3 is 2.95 bits per heavy atom. The number of carbonyl (C=O) groups is 1. The molecule has 1 N–H and O–H groups in total. The SMILES string of the molecule is CCNC1CCN(C(=O)c2cncc(F)c2)CC1CC. The Morgan fingerprint density at radius 2 is 2.30 bits per heavy atom. The number of likely N-dealkylation sites (tertiary alicyclic amines) is 1. The van der Waals surface area contributed by atoms with Gasteiger partial charge in [0.15, 0.2) is 0 Å². The minimum absolute atomic E-state index is 0.120. The summed E-state index contributed by atoms with van der Waals surface area (Å²) in [5, 5.41) is 3.48. The van der Waals surface area contributed by atoms with Crippen molar-refractivity contribution in [3.8, 4) is 0 Å². The molecule has 2 heterocycles. The Morgan fingerprint density at radius 1 is 1.50 bits per heavy atom. The second-order valence-electron chi connectivity index (χ2n) is 5.26. The van der Waals surface area contributed by atoms with Crippen LogP contribution in [0.25, 0.3) is 0 Å². The van der Waals surface area contributed by atoms with Gasteiger partial charge in [0.05, 0.1) is 11.8 Å². The number of carbonyl (C=O) groups excluding carboxylic acids is 1. The molecule has 2 rings (SSSR count). The van der Waals surface area contributed by atoms with Crippen molar-refractivity contribution in [2.45, 2.75) is 32.7 Å². The summed E-state index contributed by atoms with van der Waals surface area (Å²) < 4.78 is 13.2. The smallest absolute Gasteiger partial charge is 0.255 e. The lowest BCUT2D eigenvalue weighted by molar-refractivity contribution is 0.0627. The van der Waals surface area contributed by atoms with Gasteiger partial charge in [-0.05, 0) is 24.9 Å². The van der Waals surface area contributed by atoms with E-state index >= 15 is 0 Å². The number of hydrogen-bond donors (Lipinski definition) is 1. The van der Waals surface area contributed by atoms with Crippen molar-refractivity contribution in [1.82, 2.24) is 15.2 Å². The first-order valence-electron chi connectivity index (χ1n) is 7.28. The topological polar surface area (TPSA) is 45.2 Å². The van der Waals surface area contributed by atoms with Crippen molar-refractivity contribution in [2.24, 2.45) is 5.92 Å². The number of rotatable bonds is 4. The lowest BCUT2D eigenvalue weighted by Gasteiger charge is -2.38. The molecule has 5 heteroatoms. The fourth-order valence-electron chi connectivity index (χ4n) is 2.87. The molecule has 1 fully saturated rings. The molecule has 1 aliphatic heterocycles. The monoisotopic (exact) mass is 279 g/mol. The van der Waals surface area contributed by atoms with E-state index < -0.39 is 5.82 Å². The van der Waals surface area contributed by atoms with Gasteiger partial charge >= 0.3 is 0 Å². The van der Waals surface area contributed by atoms with Crippen molar-refractivity contribution >= 4 is 5.91 Å². The Hall–Kier alpha value is -1.49. The minimum atomic E-state index is -0.467. The van der Waals surface area contributed by atoms with Crippen LogP contribution in [0.1, 0.15) is 37.0 Å². The van der Waals surface area contributed by atoms with E-state index in [-0.39, 0.29) is 5.91 Å². The van der Waals surface area contributed by atoms with Gasteiger partial charge in [0.2, 0.25) is 0 Å². The number of amides is 1. The maximum atomic E-state index is 13.2. The summed E-state index contributed by atoms with van der Waals surface area (Å²) in [5.41, 5.74) is 0.335. The minimum Gasteiger partial charge on any atom is -0.338 e. The first-order chi connectivity index (χ1) is 9.65. The quantitative estimate of drug-likeness (QED) is 0.917. The van der Waals surface area contributed by atoms with Crippen LogP contribution in [0, 0.1) is 11.7 Å². The van der Waals surface area contributed by atoms with Gasteiger partial charge in [-0.15, -0.1) is 0 Å². The average molecular weight is 279 g/mol. The fourth-order valence-corrected chi connectivity index (χ4v) is 2.87. The van der Waals surface area contributed by atoms with Gasteiger partial charge in [0, 0.05) is 25.3 Å². The van der Waals surface area contributed by atoms with Gasteiger partial charge < -0.3 is 10.2 Å². The molecule has 1 aromatic rings. The summed E-state index contributed by atoms with van der Waals surface area (Å²) in [6.07, 6.45) is 4.52. The predicted molar refractivity (Wildman–Crippen MR) is 76.0 cm³/mol. The molecule has 0 aromatic carbocycles. The van der Waals surface area contributed by atoms with Crippen LogP contribution in [0.4, 0.5) is 4.39 Å². The Balaban J connectivity index is 2.05. The maximum Gasteiger partial charge on any atom is 0.255 e. The molecule has 2 unspecified atom stereocenters. The molecule has 0 saturated carbocycles. The highest BCUT2D eigenvalue weighted by Gasteiger charge is 2.30. The third-order valence-corrected chi connectivity index (χ3v) is 3.96. The van der Waals surface area contributed by atoms with E-state index in [0.29, 0.717) is 24.1 Å². The van der Waals surface area contributed by atoms with Gasteiger partial charge in [-0.25, -0.2) is 4.39 Å². The maximum absolute atomic E-state index is 13.2. The van der Waals surface area contributed by atoms with Gasteiger partial charge in [-0.3, -0.25) is 9.78 Å². The Kier molecular flexibility index (Phi) is 5.06. The van der Waals surface area contributed by atoms with Crippen molar-refractivity contribution in [3.05, 3.63) is 29.8 Å². The summed E-state index contributed by atoms with van der Waals surface area (Å²) in [6, 6.07) is 1.73. The van der Waals surface area contributed by atoms with E-state index in [0.717, 1.165) is 32.1 Å². The Labute approximate surface area is 119 Å². The van der Waals surface area contributed by atoms with Crippen LogP contribution >= 0.6 is 0 Å². The number of halogens is 1. The van der Waals surface area contributed by atoms with E-state index in [1.165, 1.54) is 12.3 Å². The second kappa shape index (κ2) is 6.79. The number of aromatic nitrogens is 1. The molecule has 2 atom stereocenters. The third kappa shape index (κ3) is 3.33. The number of piperidine rings is 1. The van der Waals surface area contributed by atoms with Gasteiger partial charge in [-0.1, -0.05) is 20.3 Å². The average Bonchev–Trinajstić information content (AvgIpc) is 2.47. The van der Waals surface area contributed by atoms with Gasteiger partial charge in [-0.2, -0.15) is 0 Å². The van der Waals surface area contributed by atoms with Crippen LogP contribution < -0.4 is 5.32 Å². The molecule has 0 radical (unpaired) electrons. The summed E-state index contributed by atoms with van der Waals surface area (Å²) in [7, 11) is 0. The lowest BCUT2D eigenvalue weighted by Crippen LogP contribution is -2.50. The summed E-state index contributed by atoms with van der Waals surface area (Å²) in [6.45, 7) is 6.63. The highest BCUT2D eigenvalue weighted by molar-refractivity contribution is 5.94. The third-order valence-electron chi connectivity index (χ3n) is 3.96. The number of nitrogens with zero attached hydrogens (tertiary/aromatic N) is 2. The molecule has 4 nitrogen and oxygen atoms in total. The number of pyridine rings is 1. The largest absolute Gasteiger partial charge is 0.338 e. The fraction of sp³-hybridized carbons (Fsp3) is 0.600. The molecule has 1 aromatic heterocycles. The molecule has 1 amide bonds. The van der Waals surface area contributed by atoms with Gasteiger partial charge in [0.1, 0.15) is 5.82 Å². The predicted octanol–water partition coefficient (Wildman–Crippen LogP) is 2.07. The van der Waals surface area contributed by atoms with E-state index in [9.17, 15) is 9.18 Å². The molecule has 1 aliphatic rings. The standard InChI is InChI=1S/C15H22FN3O/c1-3-11-10-19(6-5-14(11)18-4-2)15(20)12-7-13(16)9-17-8-12/h7-9,11,14,18H,3-6,10H2,1-2H3. The molecule has 0 spiro atoms. The first kappa shape index (κ1) is 14.9. The van der Waals surface area contributed by atoms with Crippen LogP contribution in [0.15, 0.2) is 18.5 Å². The van der Waals surface area contributed by atoms with Crippen LogP contribution in [-0.4, -0.2) is 41.5 Å². The zero-order valence-corrected chi connectivity index (χ0v) is 12.1. The summed E-state index contributed by atoms with van der Waals surface area (Å²) in [4.78, 5) is 17.9. The van der Waals surface area contributed by atoms with E-state index in [1.54, 1.807) is 0 Å². The zero-order chi connectivity index (χ0) is 14.5. The number of nitrogens with one attached hydrogen (secondary N) is 1. The lowest BCUT2D eigenvalue weighted by atomic mass is 9.89. The van der Waals surface area contributed by atoms with E-state index in [1.807, 2.05) is 4.90 Å². The molecule has 0 aliphatic carbocycles. The normalized spacial score (nSPS) is 22.9. The highest BCUT2D eigenvalue weighted by Crippen LogP contribution is 2.21. The van der Waals surface area contributed by atoms with E-state index in [2.05, 4.69) is 24.1 Å². The van der Waals surface area contributed by atoms with Crippen LogP contribution in [0.3, 0.4) is 0 Å². The van der Waals surface area contributed by atoms with Crippen molar-refractivity contribution in [2.75, 3.05) is 19.6 Å². The van der Waals surface area contributed by atoms with Crippen molar-refractivity contribution in [3.63, 3.8) is 0 Å². The summed E-state index contributed by atoms with van der Waals surface area (Å²) >= 11 is 0. The number of hydrogen-bond acceptors (Lipinski definition) is 3. The molecule has 110 valence electrons. The zero-order valence-electron chi connectivity index (χ0n) is 12.1. The molecular formula is C15H22FN3O. The van der Waals surface area contributed by atoms with Crippen LogP contribution in [0.2, 0.25) is 0 Å². The van der Waals surface area contributed by atoms with Crippen molar-refractivity contribution < 1.29 is 9.18 Å².